The fourth-order valence-corrected chi connectivity index (χ4v) is 3.04. The topological polar surface area (TPSA) is 26.0 Å². The molecule has 2 rings (SSSR count). The van der Waals surface area contributed by atoms with Crippen molar-refractivity contribution in [3.05, 3.63) is 42.0 Å². The smallest absolute Gasteiger partial charge is 0.0397 e. The monoisotopic (exact) mass is 219 g/mol. The second kappa shape index (κ2) is 4.42. The van der Waals surface area contributed by atoms with Crippen molar-refractivity contribution in [3.8, 4) is 0 Å². The van der Waals surface area contributed by atoms with Crippen LogP contribution in [-0.2, 0) is 0 Å². The first-order valence-corrected chi connectivity index (χ1v) is 6.16. The zero-order valence-electron chi connectivity index (χ0n) is 9.07. The van der Waals surface area contributed by atoms with E-state index in [0.717, 1.165) is 19.4 Å². The zero-order valence-corrected chi connectivity index (χ0v) is 9.89. The van der Waals surface area contributed by atoms with Crippen LogP contribution in [0.2, 0.25) is 0 Å². The van der Waals surface area contributed by atoms with Crippen LogP contribution in [0.1, 0.15) is 18.4 Å². The van der Waals surface area contributed by atoms with Gasteiger partial charge in [0.25, 0.3) is 0 Å². The molecule has 0 saturated carbocycles. The number of hydrogen-bond donors (Lipinski definition) is 1. The van der Waals surface area contributed by atoms with Gasteiger partial charge in [-0.05, 0) is 31.9 Å². The van der Waals surface area contributed by atoms with Crippen LogP contribution in [0, 0.1) is 6.92 Å². The van der Waals surface area contributed by atoms with Crippen LogP contribution in [0.15, 0.2) is 41.3 Å². The van der Waals surface area contributed by atoms with Crippen molar-refractivity contribution in [2.75, 3.05) is 6.54 Å². The highest BCUT2D eigenvalue weighted by Crippen LogP contribution is 2.41. The van der Waals surface area contributed by atoms with Crippen molar-refractivity contribution in [2.24, 2.45) is 5.73 Å². The fraction of sp³-hybridized carbons (Fsp3) is 0.385. The minimum absolute atomic E-state index is 0.218. The first kappa shape index (κ1) is 10.8. The summed E-state index contributed by atoms with van der Waals surface area (Å²) in [7, 11) is 0. The molecule has 0 radical (unpaired) electrons. The van der Waals surface area contributed by atoms with Crippen LogP contribution in [-0.4, -0.2) is 11.3 Å². The number of nitrogens with two attached hydrogens (primary N) is 1. The SMILES string of the molecule is Cc1ccc(SC2(CN)CC=CC2)cc1. The summed E-state index contributed by atoms with van der Waals surface area (Å²) in [5.41, 5.74) is 7.20. The average Bonchev–Trinajstić information content (AvgIpc) is 2.71. The minimum Gasteiger partial charge on any atom is -0.329 e. The highest BCUT2D eigenvalue weighted by atomic mass is 32.2. The Morgan fingerprint density at radius 3 is 2.33 bits per heavy atom. The lowest BCUT2D eigenvalue weighted by molar-refractivity contribution is 0.641. The number of aryl methyl sites for hydroxylation is 1. The maximum Gasteiger partial charge on any atom is 0.0397 e. The molecule has 0 fully saturated rings. The van der Waals surface area contributed by atoms with Crippen LogP contribution in [0.4, 0.5) is 0 Å². The Kier molecular flexibility index (Phi) is 3.17. The Morgan fingerprint density at radius 1 is 1.20 bits per heavy atom. The summed E-state index contributed by atoms with van der Waals surface area (Å²) in [6, 6.07) is 8.70. The molecule has 0 unspecified atom stereocenters. The van der Waals surface area contributed by atoms with E-state index in [0.29, 0.717) is 0 Å². The molecule has 0 atom stereocenters. The third-order valence-corrected chi connectivity index (χ3v) is 4.31. The Hall–Kier alpha value is -0.730. The summed E-state index contributed by atoms with van der Waals surface area (Å²) in [6.45, 7) is 2.86. The number of hydrogen-bond acceptors (Lipinski definition) is 2. The normalized spacial score (nSPS) is 18.3. The summed E-state index contributed by atoms with van der Waals surface area (Å²) < 4.78 is 0.218. The summed E-state index contributed by atoms with van der Waals surface area (Å²) in [5, 5.41) is 0. The highest BCUT2D eigenvalue weighted by Gasteiger charge is 2.30. The maximum atomic E-state index is 5.89. The molecule has 1 aromatic carbocycles. The van der Waals surface area contributed by atoms with Crippen LogP contribution < -0.4 is 5.73 Å². The fourth-order valence-electron chi connectivity index (χ4n) is 1.83. The molecule has 1 aromatic rings. The third kappa shape index (κ3) is 2.44. The standard InChI is InChI=1S/C13H17NS/c1-11-4-6-12(7-5-11)15-13(10-14)8-2-3-9-13/h2-7H,8-10,14H2,1H3. The van der Waals surface area contributed by atoms with Gasteiger partial charge in [0.05, 0.1) is 0 Å². The number of benzene rings is 1. The van der Waals surface area contributed by atoms with E-state index >= 15 is 0 Å². The molecule has 2 N–H and O–H groups in total. The molecule has 15 heavy (non-hydrogen) atoms. The zero-order chi connectivity index (χ0) is 10.7. The molecular weight excluding hydrogens is 202 g/mol. The van der Waals surface area contributed by atoms with E-state index in [9.17, 15) is 0 Å². The third-order valence-electron chi connectivity index (χ3n) is 2.87. The van der Waals surface area contributed by atoms with Gasteiger partial charge >= 0.3 is 0 Å². The van der Waals surface area contributed by atoms with Gasteiger partial charge in [-0.1, -0.05) is 29.8 Å². The van der Waals surface area contributed by atoms with E-state index in [1.54, 1.807) is 0 Å². The largest absolute Gasteiger partial charge is 0.329 e. The van der Waals surface area contributed by atoms with Crippen LogP contribution in [0.25, 0.3) is 0 Å². The molecule has 0 bridgehead atoms. The van der Waals surface area contributed by atoms with Gasteiger partial charge in [0.2, 0.25) is 0 Å². The summed E-state index contributed by atoms with van der Waals surface area (Å²) in [4.78, 5) is 1.33. The van der Waals surface area contributed by atoms with E-state index in [-0.39, 0.29) is 4.75 Å². The molecule has 2 heteroatoms. The Bertz CT molecular complexity index is 345. The molecule has 0 spiro atoms. The summed E-state index contributed by atoms with van der Waals surface area (Å²) in [6.07, 6.45) is 6.69. The van der Waals surface area contributed by atoms with Gasteiger partial charge in [-0.25, -0.2) is 0 Å². The van der Waals surface area contributed by atoms with E-state index in [1.165, 1.54) is 10.5 Å². The number of thioether (sulfide) groups is 1. The van der Waals surface area contributed by atoms with Crippen molar-refractivity contribution < 1.29 is 0 Å². The van der Waals surface area contributed by atoms with Gasteiger partial charge in [-0.15, -0.1) is 11.8 Å². The molecular formula is C13H17NS. The highest BCUT2D eigenvalue weighted by molar-refractivity contribution is 8.00. The van der Waals surface area contributed by atoms with E-state index in [2.05, 4.69) is 43.3 Å². The van der Waals surface area contributed by atoms with Crippen molar-refractivity contribution in [2.45, 2.75) is 29.4 Å². The molecule has 80 valence electrons. The predicted molar refractivity (Wildman–Crippen MR) is 67.2 cm³/mol. The van der Waals surface area contributed by atoms with Crippen molar-refractivity contribution >= 4 is 11.8 Å². The Balaban J connectivity index is 2.10. The van der Waals surface area contributed by atoms with Gasteiger partial charge in [0, 0.05) is 16.2 Å². The van der Waals surface area contributed by atoms with Crippen LogP contribution >= 0.6 is 11.8 Å². The maximum absolute atomic E-state index is 5.89. The van der Waals surface area contributed by atoms with Crippen LogP contribution in [0.5, 0.6) is 0 Å². The van der Waals surface area contributed by atoms with Crippen molar-refractivity contribution in [1.29, 1.82) is 0 Å². The first-order valence-electron chi connectivity index (χ1n) is 5.35. The second-order valence-electron chi connectivity index (χ2n) is 4.18. The molecule has 0 aromatic heterocycles. The van der Waals surface area contributed by atoms with Gasteiger partial charge < -0.3 is 5.73 Å². The predicted octanol–water partition coefficient (Wildman–Crippen LogP) is 3.13. The molecule has 0 aliphatic heterocycles. The number of rotatable bonds is 3. The van der Waals surface area contributed by atoms with E-state index in [4.69, 9.17) is 5.73 Å². The first-order chi connectivity index (χ1) is 7.24. The lowest BCUT2D eigenvalue weighted by Crippen LogP contribution is -2.31. The van der Waals surface area contributed by atoms with Gasteiger partial charge in [0.15, 0.2) is 0 Å². The molecule has 0 heterocycles. The molecule has 0 saturated heterocycles. The Morgan fingerprint density at radius 2 is 1.80 bits per heavy atom. The Labute approximate surface area is 95.8 Å². The van der Waals surface area contributed by atoms with Crippen molar-refractivity contribution in [1.82, 2.24) is 0 Å². The van der Waals surface area contributed by atoms with E-state index in [1.807, 2.05) is 11.8 Å². The van der Waals surface area contributed by atoms with E-state index < -0.39 is 0 Å². The minimum atomic E-state index is 0.218. The van der Waals surface area contributed by atoms with Crippen LogP contribution in [0.3, 0.4) is 0 Å². The number of allylic oxidation sites excluding steroid dienone is 2. The summed E-state index contributed by atoms with van der Waals surface area (Å²) in [5.74, 6) is 0. The molecule has 1 nitrogen and oxygen atoms in total. The summed E-state index contributed by atoms with van der Waals surface area (Å²) >= 11 is 1.92. The quantitative estimate of drug-likeness (QED) is 0.790. The van der Waals surface area contributed by atoms with Crippen molar-refractivity contribution in [3.63, 3.8) is 0 Å². The molecule has 1 aliphatic carbocycles. The molecule has 1 aliphatic rings. The average molecular weight is 219 g/mol. The lowest BCUT2D eigenvalue weighted by Gasteiger charge is -2.26. The van der Waals surface area contributed by atoms with Gasteiger partial charge in [0.1, 0.15) is 0 Å². The lowest BCUT2D eigenvalue weighted by atomic mass is 10.1. The van der Waals surface area contributed by atoms with Gasteiger partial charge in [-0.2, -0.15) is 0 Å². The molecule has 0 amide bonds. The van der Waals surface area contributed by atoms with Gasteiger partial charge in [-0.3, -0.25) is 0 Å². The second-order valence-corrected chi connectivity index (χ2v) is 5.72.